The Morgan fingerprint density at radius 1 is 1.33 bits per heavy atom. The molecule has 3 aromatic rings. The number of anilines is 1. The second-order valence-electron chi connectivity index (χ2n) is 4.31. The third-order valence-corrected chi connectivity index (χ3v) is 3.84. The molecular formula is C14H15N3S. The van der Waals surface area contributed by atoms with Gasteiger partial charge in [-0.3, -0.25) is 0 Å². The minimum Gasteiger partial charge on any atom is -0.361 e. The van der Waals surface area contributed by atoms with Crippen molar-refractivity contribution < 1.29 is 0 Å². The van der Waals surface area contributed by atoms with Gasteiger partial charge in [0, 0.05) is 34.7 Å². The first-order chi connectivity index (χ1) is 8.83. The van der Waals surface area contributed by atoms with E-state index in [0.29, 0.717) is 0 Å². The van der Waals surface area contributed by atoms with Crippen LogP contribution in [0.4, 0.5) is 5.13 Å². The molecule has 3 rings (SSSR count). The number of thiazole rings is 1. The predicted molar refractivity (Wildman–Crippen MR) is 77.3 cm³/mol. The van der Waals surface area contributed by atoms with Gasteiger partial charge in [-0.15, -0.1) is 11.3 Å². The van der Waals surface area contributed by atoms with Crippen LogP contribution in [0.25, 0.3) is 10.9 Å². The van der Waals surface area contributed by atoms with Crippen molar-refractivity contribution in [1.29, 1.82) is 0 Å². The molecule has 0 aliphatic heterocycles. The molecule has 0 saturated heterocycles. The van der Waals surface area contributed by atoms with Crippen LogP contribution in [-0.4, -0.2) is 16.5 Å². The second-order valence-corrected chi connectivity index (χ2v) is 5.55. The van der Waals surface area contributed by atoms with Crippen LogP contribution in [0.1, 0.15) is 10.4 Å². The number of fused-ring (bicyclic) bond motifs is 1. The fourth-order valence-corrected chi connectivity index (χ4v) is 2.77. The Morgan fingerprint density at radius 3 is 3.06 bits per heavy atom. The van der Waals surface area contributed by atoms with Gasteiger partial charge in [0.1, 0.15) is 0 Å². The molecule has 2 heterocycles. The number of aromatic nitrogens is 2. The van der Waals surface area contributed by atoms with E-state index in [2.05, 4.69) is 52.7 Å². The number of aromatic amines is 1. The van der Waals surface area contributed by atoms with Crippen molar-refractivity contribution in [2.24, 2.45) is 0 Å². The van der Waals surface area contributed by atoms with E-state index < -0.39 is 0 Å². The summed E-state index contributed by atoms with van der Waals surface area (Å²) in [6.07, 6.45) is 5.00. The quantitative estimate of drug-likeness (QED) is 0.750. The highest BCUT2D eigenvalue weighted by atomic mass is 32.1. The first kappa shape index (κ1) is 11.3. The Bertz CT molecular complexity index is 654. The van der Waals surface area contributed by atoms with E-state index in [1.807, 2.05) is 6.20 Å². The van der Waals surface area contributed by atoms with Crippen LogP contribution in [0.2, 0.25) is 0 Å². The predicted octanol–water partition coefficient (Wildman–Crippen LogP) is 3.59. The van der Waals surface area contributed by atoms with Gasteiger partial charge in [-0.25, -0.2) is 4.98 Å². The topological polar surface area (TPSA) is 40.7 Å². The molecule has 0 saturated carbocycles. The Hall–Kier alpha value is -1.81. The molecule has 4 heteroatoms. The van der Waals surface area contributed by atoms with Gasteiger partial charge in [0.15, 0.2) is 5.13 Å². The summed E-state index contributed by atoms with van der Waals surface area (Å²) in [5, 5.41) is 5.68. The molecule has 1 aromatic carbocycles. The number of nitrogens with zero attached hydrogens (tertiary/aromatic N) is 1. The molecule has 0 spiro atoms. The average molecular weight is 257 g/mol. The highest BCUT2D eigenvalue weighted by Crippen LogP contribution is 2.19. The molecule has 0 aliphatic rings. The third kappa shape index (κ3) is 2.24. The van der Waals surface area contributed by atoms with Gasteiger partial charge in [-0.2, -0.15) is 0 Å². The van der Waals surface area contributed by atoms with Gasteiger partial charge < -0.3 is 10.3 Å². The maximum absolute atomic E-state index is 4.30. The van der Waals surface area contributed by atoms with E-state index in [9.17, 15) is 0 Å². The first-order valence-electron chi connectivity index (χ1n) is 6.04. The highest BCUT2D eigenvalue weighted by molar-refractivity contribution is 7.15. The number of nitrogens with one attached hydrogen (secondary N) is 2. The van der Waals surface area contributed by atoms with Crippen molar-refractivity contribution in [1.82, 2.24) is 9.97 Å². The molecular weight excluding hydrogens is 242 g/mol. The fourth-order valence-electron chi connectivity index (χ4n) is 2.08. The monoisotopic (exact) mass is 257 g/mol. The van der Waals surface area contributed by atoms with E-state index in [1.54, 1.807) is 11.3 Å². The summed E-state index contributed by atoms with van der Waals surface area (Å²) in [7, 11) is 0. The van der Waals surface area contributed by atoms with Crippen molar-refractivity contribution >= 4 is 27.4 Å². The van der Waals surface area contributed by atoms with Crippen LogP contribution in [-0.2, 0) is 6.42 Å². The lowest BCUT2D eigenvalue weighted by molar-refractivity contribution is 1.02. The van der Waals surface area contributed by atoms with Crippen molar-refractivity contribution in [2.75, 3.05) is 11.9 Å². The van der Waals surface area contributed by atoms with Gasteiger partial charge in [0.05, 0.1) is 0 Å². The fraction of sp³-hybridized carbons (Fsp3) is 0.214. The van der Waals surface area contributed by atoms with Gasteiger partial charge >= 0.3 is 0 Å². The lowest BCUT2D eigenvalue weighted by Crippen LogP contribution is -2.03. The molecule has 0 aliphatic carbocycles. The summed E-state index contributed by atoms with van der Waals surface area (Å²) >= 11 is 1.70. The SMILES string of the molecule is Cc1cnc(NCCc2c[nH]c3ccccc23)s1. The van der Waals surface area contributed by atoms with E-state index in [-0.39, 0.29) is 0 Å². The highest BCUT2D eigenvalue weighted by Gasteiger charge is 2.03. The molecule has 0 fully saturated rings. The van der Waals surface area contributed by atoms with Crippen molar-refractivity contribution in [2.45, 2.75) is 13.3 Å². The molecule has 0 amide bonds. The van der Waals surface area contributed by atoms with Gasteiger partial charge in [0.2, 0.25) is 0 Å². The van der Waals surface area contributed by atoms with Crippen LogP contribution in [0, 0.1) is 6.92 Å². The Balaban J connectivity index is 1.66. The van der Waals surface area contributed by atoms with Gasteiger partial charge in [0.25, 0.3) is 0 Å². The molecule has 3 nitrogen and oxygen atoms in total. The smallest absolute Gasteiger partial charge is 0.182 e. The van der Waals surface area contributed by atoms with Crippen LogP contribution in [0.3, 0.4) is 0 Å². The standard InChI is InChI=1S/C14H15N3S/c1-10-8-17-14(18-10)15-7-6-11-9-16-13-5-3-2-4-12(11)13/h2-5,8-9,16H,6-7H2,1H3,(H,15,17). The summed E-state index contributed by atoms with van der Waals surface area (Å²) in [5.41, 5.74) is 2.56. The minimum absolute atomic E-state index is 0.912. The zero-order valence-corrected chi connectivity index (χ0v) is 11.1. The Labute approximate surface area is 110 Å². The molecule has 2 N–H and O–H groups in total. The van der Waals surface area contributed by atoms with Crippen molar-refractivity contribution in [3.05, 3.63) is 47.1 Å². The average Bonchev–Trinajstić information content (AvgIpc) is 2.97. The zero-order valence-electron chi connectivity index (χ0n) is 10.2. The van der Waals surface area contributed by atoms with E-state index >= 15 is 0 Å². The molecule has 18 heavy (non-hydrogen) atoms. The minimum atomic E-state index is 0.912. The maximum Gasteiger partial charge on any atom is 0.182 e. The molecule has 0 atom stereocenters. The van der Waals surface area contributed by atoms with Crippen molar-refractivity contribution in [3.8, 4) is 0 Å². The summed E-state index contributed by atoms with van der Waals surface area (Å²) in [5.74, 6) is 0. The molecule has 0 radical (unpaired) electrons. The molecule has 2 aromatic heterocycles. The summed E-state index contributed by atoms with van der Waals surface area (Å²) in [6, 6.07) is 8.40. The number of benzene rings is 1. The number of hydrogen-bond donors (Lipinski definition) is 2. The van der Waals surface area contributed by atoms with Gasteiger partial charge in [-0.1, -0.05) is 18.2 Å². The van der Waals surface area contributed by atoms with E-state index in [1.165, 1.54) is 21.3 Å². The second kappa shape index (κ2) is 4.82. The lowest BCUT2D eigenvalue weighted by atomic mass is 10.1. The molecule has 0 unspecified atom stereocenters. The van der Waals surface area contributed by atoms with Crippen LogP contribution >= 0.6 is 11.3 Å². The normalized spacial score (nSPS) is 10.9. The largest absolute Gasteiger partial charge is 0.361 e. The summed E-state index contributed by atoms with van der Waals surface area (Å²) in [4.78, 5) is 8.84. The number of para-hydroxylation sites is 1. The lowest BCUT2D eigenvalue weighted by Gasteiger charge is -2.01. The number of H-pyrrole nitrogens is 1. The maximum atomic E-state index is 4.30. The van der Waals surface area contributed by atoms with E-state index in [0.717, 1.165) is 18.1 Å². The van der Waals surface area contributed by atoms with Gasteiger partial charge in [-0.05, 0) is 25.0 Å². The van der Waals surface area contributed by atoms with Crippen molar-refractivity contribution in [3.63, 3.8) is 0 Å². The van der Waals surface area contributed by atoms with E-state index in [4.69, 9.17) is 0 Å². The van der Waals surface area contributed by atoms with Crippen LogP contribution < -0.4 is 5.32 Å². The number of hydrogen-bond acceptors (Lipinski definition) is 3. The molecule has 92 valence electrons. The number of rotatable bonds is 4. The number of aryl methyl sites for hydroxylation is 1. The third-order valence-electron chi connectivity index (χ3n) is 2.97. The summed E-state index contributed by atoms with van der Waals surface area (Å²) < 4.78 is 0. The van der Waals surface area contributed by atoms with Crippen LogP contribution in [0.15, 0.2) is 36.7 Å². The summed E-state index contributed by atoms with van der Waals surface area (Å²) in [6.45, 7) is 2.98. The molecule has 0 bridgehead atoms. The Morgan fingerprint density at radius 2 is 2.22 bits per heavy atom. The van der Waals surface area contributed by atoms with Crippen LogP contribution in [0.5, 0.6) is 0 Å². The zero-order chi connectivity index (χ0) is 12.4. The first-order valence-corrected chi connectivity index (χ1v) is 6.86. The Kier molecular flexibility index (Phi) is 3.02.